The van der Waals surface area contributed by atoms with Crippen LogP contribution in [0, 0.1) is 6.92 Å². The number of aryl methyl sites for hydroxylation is 2. The Balaban J connectivity index is 1.97. The number of halogens is 1. The first-order valence-electron chi connectivity index (χ1n) is 6.32. The third kappa shape index (κ3) is 2.26. The van der Waals surface area contributed by atoms with E-state index < -0.39 is 0 Å². The largest absolute Gasteiger partial charge is 0.440 e. The number of carbonyl (C=O) groups is 1. The van der Waals surface area contributed by atoms with Crippen LogP contribution < -0.4 is 4.90 Å². The Morgan fingerprint density at radius 3 is 2.89 bits per heavy atom. The van der Waals surface area contributed by atoms with Crippen molar-refractivity contribution in [1.82, 2.24) is 0 Å². The summed E-state index contributed by atoms with van der Waals surface area (Å²) in [6, 6.07) is 9.39. The second-order valence-corrected chi connectivity index (χ2v) is 5.17. The number of amides is 1. The zero-order valence-corrected chi connectivity index (χ0v) is 11.4. The van der Waals surface area contributed by atoms with Crippen molar-refractivity contribution < 1.29 is 9.21 Å². The van der Waals surface area contributed by atoms with Crippen LogP contribution >= 0.6 is 11.6 Å². The molecule has 1 aromatic heterocycles. The molecule has 0 unspecified atom stereocenters. The molecule has 3 nitrogen and oxygen atoms in total. The molecule has 4 heteroatoms. The van der Waals surface area contributed by atoms with Crippen molar-refractivity contribution >= 4 is 23.2 Å². The highest BCUT2D eigenvalue weighted by molar-refractivity contribution is 6.29. The number of benzene rings is 1. The van der Waals surface area contributed by atoms with Crippen LogP contribution in [0.2, 0.25) is 5.22 Å². The van der Waals surface area contributed by atoms with Gasteiger partial charge in [0.05, 0.1) is 0 Å². The molecule has 0 atom stereocenters. The molecule has 1 amide bonds. The summed E-state index contributed by atoms with van der Waals surface area (Å²) in [5, 5.41) is 0.240. The van der Waals surface area contributed by atoms with E-state index >= 15 is 0 Å². The number of anilines is 1. The fraction of sp³-hybridized carbons (Fsp3) is 0.267. The normalized spacial score (nSPS) is 14.3. The molecule has 0 N–H and O–H groups in total. The van der Waals surface area contributed by atoms with Gasteiger partial charge in [0.2, 0.25) is 0 Å². The minimum Gasteiger partial charge on any atom is -0.440 e. The summed E-state index contributed by atoms with van der Waals surface area (Å²) in [5.74, 6) is 0.162. The molecular formula is C15H14ClNO2. The van der Waals surface area contributed by atoms with Crippen molar-refractivity contribution in [2.45, 2.75) is 19.8 Å². The number of rotatable bonds is 1. The van der Waals surface area contributed by atoms with Gasteiger partial charge in [-0.25, -0.2) is 0 Å². The number of nitrogens with zero attached hydrogens (tertiary/aromatic N) is 1. The van der Waals surface area contributed by atoms with Gasteiger partial charge in [0.15, 0.2) is 11.0 Å². The van der Waals surface area contributed by atoms with E-state index in [2.05, 4.69) is 13.0 Å². The minimum absolute atomic E-state index is 0.128. The molecule has 0 radical (unpaired) electrons. The molecule has 0 saturated heterocycles. The summed E-state index contributed by atoms with van der Waals surface area (Å²) < 4.78 is 5.21. The maximum absolute atomic E-state index is 12.4. The molecule has 19 heavy (non-hydrogen) atoms. The maximum atomic E-state index is 12.4. The Kier molecular flexibility index (Phi) is 3.07. The van der Waals surface area contributed by atoms with Gasteiger partial charge >= 0.3 is 0 Å². The SMILES string of the molecule is Cc1ccc2c(c1)CCCN2C(=O)c1ccc(Cl)o1. The van der Waals surface area contributed by atoms with Crippen LogP contribution in [0.25, 0.3) is 0 Å². The van der Waals surface area contributed by atoms with Gasteiger partial charge in [-0.05, 0) is 55.1 Å². The third-order valence-corrected chi connectivity index (χ3v) is 3.59. The summed E-state index contributed by atoms with van der Waals surface area (Å²) in [6.45, 7) is 2.78. The summed E-state index contributed by atoms with van der Waals surface area (Å²) in [6.07, 6.45) is 1.98. The van der Waals surface area contributed by atoms with Crippen LogP contribution in [-0.4, -0.2) is 12.5 Å². The first kappa shape index (κ1) is 12.3. The first-order chi connectivity index (χ1) is 9.15. The number of hydrogen-bond acceptors (Lipinski definition) is 2. The lowest BCUT2D eigenvalue weighted by Gasteiger charge is -2.29. The molecule has 0 bridgehead atoms. The van der Waals surface area contributed by atoms with Gasteiger partial charge < -0.3 is 9.32 Å². The topological polar surface area (TPSA) is 33.5 Å². The molecule has 2 heterocycles. The van der Waals surface area contributed by atoms with Gasteiger partial charge in [-0.2, -0.15) is 0 Å². The predicted octanol–water partition coefficient (Wildman–Crippen LogP) is 3.83. The fourth-order valence-electron chi connectivity index (χ4n) is 2.50. The van der Waals surface area contributed by atoms with E-state index in [4.69, 9.17) is 16.0 Å². The molecule has 0 aliphatic carbocycles. The smallest absolute Gasteiger partial charge is 0.294 e. The third-order valence-electron chi connectivity index (χ3n) is 3.38. The molecule has 0 fully saturated rings. The van der Waals surface area contributed by atoms with Crippen molar-refractivity contribution in [1.29, 1.82) is 0 Å². The maximum Gasteiger partial charge on any atom is 0.294 e. The Morgan fingerprint density at radius 1 is 1.32 bits per heavy atom. The lowest BCUT2D eigenvalue weighted by atomic mass is 9.99. The fourth-order valence-corrected chi connectivity index (χ4v) is 2.65. The molecular weight excluding hydrogens is 262 g/mol. The highest BCUT2D eigenvalue weighted by atomic mass is 35.5. The van der Waals surface area contributed by atoms with Crippen molar-refractivity contribution in [3.05, 3.63) is 52.4 Å². The van der Waals surface area contributed by atoms with Gasteiger partial charge in [0, 0.05) is 12.2 Å². The van der Waals surface area contributed by atoms with Crippen LogP contribution in [0.3, 0.4) is 0 Å². The molecule has 0 saturated carbocycles. The quantitative estimate of drug-likeness (QED) is 0.792. The molecule has 3 rings (SSSR count). The van der Waals surface area contributed by atoms with Crippen molar-refractivity contribution in [3.8, 4) is 0 Å². The van der Waals surface area contributed by atoms with Crippen LogP contribution in [0.1, 0.15) is 28.1 Å². The first-order valence-corrected chi connectivity index (χ1v) is 6.70. The Hall–Kier alpha value is -1.74. The van der Waals surface area contributed by atoms with Crippen LogP contribution in [0.5, 0.6) is 0 Å². The zero-order chi connectivity index (χ0) is 13.4. The van der Waals surface area contributed by atoms with Gasteiger partial charge in [0.1, 0.15) is 0 Å². The molecule has 0 spiro atoms. The molecule has 2 aromatic rings. The molecule has 1 aromatic carbocycles. The summed E-state index contributed by atoms with van der Waals surface area (Å²) in [5.41, 5.74) is 3.42. The van der Waals surface area contributed by atoms with Gasteiger partial charge in [-0.1, -0.05) is 17.7 Å². The van der Waals surface area contributed by atoms with E-state index in [9.17, 15) is 4.79 Å². The molecule has 1 aliphatic heterocycles. The monoisotopic (exact) mass is 275 g/mol. The van der Waals surface area contributed by atoms with Gasteiger partial charge in [0.25, 0.3) is 5.91 Å². The number of hydrogen-bond donors (Lipinski definition) is 0. The summed E-state index contributed by atoms with van der Waals surface area (Å²) in [7, 11) is 0. The zero-order valence-electron chi connectivity index (χ0n) is 10.6. The average molecular weight is 276 g/mol. The highest BCUT2D eigenvalue weighted by Crippen LogP contribution is 2.29. The lowest BCUT2D eigenvalue weighted by Crippen LogP contribution is -2.35. The predicted molar refractivity (Wildman–Crippen MR) is 74.9 cm³/mol. The van der Waals surface area contributed by atoms with E-state index in [0.29, 0.717) is 12.3 Å². The highest BCUT2D eigenvalue weighted by Gasteiger charge is 2.25. The Bertz CT molecular complexity index is 633. The lowest BCUT2D eigenvalue weighted by molar-refractivity contribution is 0.0958. The average Bonchev–Trinajstić information content (AvgIpc) is 2.83. The van der Waals surface area contributed by atoms with E-state index in [1.165, 1.54) is 11.1 Å². The second-order valence-electron chi connectivity index (χ2n) is 4.80. The minimum atomic E-state index is -0.128. The van der Waals surface area contributed by atoms with Gasteiger partial charge in [-0.3, -0.25) is 4.79 Å². The number of fused-ring (bicyclic) bond motifs is 1. The summed E-state index contributed by atoms with van der Waals surface area (Å²) in [4.78, 5) is 14.2. The second kappa shape index (κ2) is 4.74. The van der Waals surface area contributed by atoms with E-state index in [0.717, 1.165) is 18.5 Å². The standard InChI is InChI=1S/C15H14ClNO2/c1-10-4-5-12-11(9-10)3-2-8-17(12)15(18)13-6-7-14(16)19-13/h4-7,9H,2-3,8H2,1H3. The van der Waals surface area contributed by atoms with E-state index in [-0.39, 0.29) is 11.1 Å². The Morgan fingerprint density at radius 2 is 2.16 bits per heavy atom. The van der Waals surface area contributed by atoms with E-state index in [1.54, 1.807) is 17.0 Å². The van der Waals surface area contributed by atoms with Crippen LogP contribution in [0.4, 0.5) is 5.69 Å². The molecule has 1 aliphatic rings. The van der Waals surface area contributed by atoms with E-state index in [1.807, 2.05) is 12.1 Å². The van der Waals surface area contributed by atoms with Gasteiger partial charge in [-0.15, -0.1) is 0 Å². The summed E-state index contributed by atoms with van der Waals surface area (Å²) >= 11 is 5.73. The number of carbonyl (C=O) groups excluding carboxylic acids is 1. The van der Waals surface area contributed by atoms with Crippen LogP contribution in [0.15, 0.2) is 34.7 Å². The van der Waals surface area contributed by atoms with Crippen molar-refractivity contribution in [2.24, 2.45) is 0 Å². The number of furan rings is 1. The van der Waals surface area contributed by atoms with Crippen molar-refractivity contribution in [3.63, 3.8) is 0 Å². The molecule has 98 valence electrons. The Labute approximate surface area is 116 Å². The van der Waals surface area contributed by atoms with Crippen LogP contribution in [-0.2, 0) is 6.42 Å². The van der Waals surface area contributed by atoms with Crippen molar-refractivity contribution in [2.75, 3.05) is 11.4 Å².